The van der Waals surface area contributed by atoms with Gasteiger partial charge in [-0.15, -0.1) is 0 Å². The van der Waals surface area contributed by atoms with Gasteiger partial charge in [-0.3, -0.25) is 9.69 Å². The summed E-state index contributed by atoms with van der Waals surface area (Å²) in [6, 6.07) is 2.24. The van der Waals surface area contributed by atoms with Crippen molar-refractivity contribution in [2.75, 3.05) is 26.7 Å². The number of carbonyl (C=O) groups is 1. The van der Waals surface area contributed by atoms with E-state index in [1.54, 1.807) is 0 Å². The van der Waals surface area contributed by atoms with E-state index in [1.807, 2.05) is 11.9 Å². The third-order valence-corrected chi connectivity index (χ3v) is 2.97. The van der Waals surface area contributed by atoms with Gasteiger partial charge in [0.15, 0.2) is 0 Å². The lowest BCUT2D eigenvalue weighted by Crippen LogP contribution is -2.48. The molecule has 1 saturated carbocycles. The van der Waals surface area contributed by atoms with Crippen LogP contribution in [0.3, 0.4) is 0 Å². The fourth-order valence-corrected chi connectivity index (χ4v) is 2.09. The molecular formula is C11H20N4O. The van der Waals surface area contributed by atoms with Gasteiger partial charge in [0.05, 0.1) is 12.6 Å². The summed E-state index contributed by atoms with van der Waals surface area (Å²) in [5.41, 5.74) is 4.78. The van der Waals surface area contributed by atoms with E-state index < -0.39 is 5.54 Å². The second-order valence-corrected chi connectivity index (χ2v) is 4.48. The molecule has 0 saturated heterocycles. The van der Waals surface area contributed by atoms with Crippen molar-refractivity contribution in [3.8, 4) is 6.07 Å². The number of nitriles is 1. The van der Waals surface area contributed by atoms with Crippen molar-refractivity contribution in [3.63, 3.8) is 0 Å². The van der Waals surface area contributed by atoms with E-state index in [0.717, 1.165) is 25.7 Å². The fraction of sp³-hybridized carbons (Fsp3) is 0.818. The van der Waals surface area contributed by atoms with Gasteiger partial charge < -0.3 is 11.1 Å². The molecule has 1 aliphatic carbocycles. The molecule has 1 rings (SSSR count). The number of hydrogen-bond donors (Lipinski definition) is 2. The van der Waals surface area contributed by atoms with E-state index in [4.69, 9.17) is 11.0 Å². The van der Waals surface area contributed by atoms with E-state index in [-0.39, 0.29) is 5.91 Å². The van der Waals surface area contributed by atoms with Gasteiger partial charge in [-0.25, -0.2) is 0 Å². The van der Waals surface area contributed by atoms with Gasteiger partial charge in [0.1, 0.15) is 5.54 Å². The Balaban J connectivity index is 2.41. The number of nitrogens with one attached hydrogen (secondary N) is 1. The van der Waals surface area contributed by atoms with Crippen molar-refractivity contribution < 1.29 is 4.79 Å². The van der Waals surface area contributed by atoms with Gasteiger partial charge in [0, 0.05) is 13.1 Å². The quantitative estimate of drug-likeness (QED) is 0.679. The first-order chi connectivity index (χ1) is 7.62. The number of amides is 1. The predicted octanol–water partition coefficient (Wildman–Crippen LogP) is -0.171. The van der Waals surface area contributed by atoms with E-state index in [0.29, 0.717) is 19.6 Å². The van der Waals surface area contributed by atoms with Crippen molar-refractivity contribution in [3.05, 3.63) is 0 Å². The molecular weight excluding hydrogens is 204 g/mol. The number of likely N-dealkylation sites (N-methyl/N-ethyl adjacent to an activating group) is 1. The van der Waals surface area contributed by atoms with Crippen LogP contribution in [0.25, 0.3) is 0 Å². The van der Waals surface area contributed by atoms with Crippen LogP contribution in [0.4, 0.5) is 0 Å². The molecule has 0 spiro atoms. The molecule has 0 atom stereocenters. The summed E-state index contributed by atoms with van der Waals surface area (Å²) >= 11 is 0. The lowest BCUT2D eigenvalue weighted by molar-refractivity contribution is -0.123. The highest BCUT2D eigenvalue weighted by Gasteiger charge is 2.35. The largest absolute Gasteiger partial charge is 0.337 e. The van der Waals surface area contributed by atoms with E-state index >= 15 is 0 Å². The second kappa shape index (κ2) is 5.83. The van der Waals surface area contributed by atoms with Crippen LogP contribution in [0.2, 0.25) is 0 Å². The van der Waals surface area contributed by atoms with E-state index in [2.05, 4.69) is 11.4 Å². The molecule has 5 nitrogen and oxygen atoms in total. The lowest BCUT2D eigenvalue weighted by atomic mass is 10.00. The molecule has 0 heterocycles. The Morgan fingerprint density at radius 3 is 2.69 bits per heavy atom. The standard InChI is InChI=1S/C11H20N4O/c1-15(7-6-12)8-10(16)14-11(9-13)4-2-3-5-11/h2-8,12H2,1H3,(H,14,16). The molecule has 90 valence electrons. The van der Waals surface area contributed by atoms with Gasteiger partial charge in [-0.1, -0.05) is 0 Å². The molecule has 0 bridgehead atoms. The smallest absolute Gasteiger partial charge is 0.235 e. The van der Waals surface area contributed by atoms with E-state index in [1.165, 1.54) is 0 Å². The minimum atomic E-state index is -0.610. The average molecular weight is 224 g/mol. The van der Waals surface area contributed by atoms with Crippen LogP contribution in [0, 0.1) is 11.3 Å². The summed E-state index contributed by atoms with van der Waals surface area (Å²) in [6.07, 6.45) is 3.59. The first-order valence-corrected chi connectivity index (χ1v) is 5.73. The van der Waals surface area contributed by atoms with Crippen molar-refractivity contribution in [1.29, 1.82) is 5.26 Å². The maximum atomic E-state index is 11.7. The van der Waals surface area contributed by atoms with Gasteiger partial charge in [0.2, 0.25) is 5.91 Å². The van der Waals surface area contributed by atoms with Crippen LogP contribution < -0.4 is 11.1 Å². The first kappa shape index (κ1) is 12.9. The molecule has 1 aliphatic rings. The maximum Gasteiger partial charge on any atom is 0.235 e. The normalized spacial score (nSPS) is 18.4. The third-order valence-electron chi connectivity index (χ3n) is 2.97. The summed E-state index contributed by atoms with van der Waals surface area (Å²) in [6.45, 7) is 1.53. The van der Waals surface area contributed by atoms with E-state index in [9.17, 15) is 4.79 Å². The molecule has 3 N–H and O–H groups in total. The summed E-state index contributed by atoms with van der Waals surface area (Å²) in [5.74, 6) is -0.0839. The zero-order valence-electron chi connectivity index (χ0n) is 9.83. The Labute approximate surface area is 96.6 Å². The summed E-state index contributed by atoms with van der Waals surface area (Å²) in [7, 11) is 1.85. The Bertz CT molecular complexity index is 278. The molecule has 16 heavy (non-hydrogen) atoms. The van der Waals surface area contributed by atoms with Gasteiger partial charge in [-0.2, -0.15) is 5.26 Å². The van der Waals surface area contributed by atoms with Crippen LogP contribution in [0.1, 0.15) is 25.7 Å². The fourth-order valence-electron chi connectivity index (χ4n) is 2.09. The average Bonchev–Trinajstić information content (AvgIpc) is 2.67. The zero-order chi connectivity index (χ0) is 12.0. The number of nitrogens with two attached hydrogens (primary N) is 1. The Morgan fingerprint density at radius 2 is 2.19 bits per heavy atom. The molecule has 0 radical (unpaired) electrons. The van der Waals surface area contributed by atoms with Gasteiger partial charge in [0.25, 0.3) is 0 Å². The van der Waals surface area contributed by atoms with Crippen molar-refractivity contribution in [2.45, 2.75) is 31.2 Å². The van der Waals surface area contributed by atoms with Crippen LogP contribution in [-0.4, -0.2) is 43.0 Å². The van der Waals surface area contributed by atoms with Crippen LogP contribution in [-0.2, 0) is 4.79 Å². The monoisotopic (exact) mass is 224 g/mol. The highest BCUT2D eigenvalue weighted by molar-refractivity contribution is 5.79. The minimum Gasteiger partial charge on any atom is -0.337 e. The predicted molar refractivity (Wildman–Crippen MR) is 61.5 cm³/mol. The highest BCUT2D eigenvalue weighted by atomic mass is 16.2. The van der Waals surface area contributed by atoms with Crippen molar-refractivity contribution >= 4 is 5.91 Å². The molecule has 0 aliphatic heterocycles. The van der Waals surface area contributed by atoms with Crippen LogP contribution in [0.5, 0.6) is 0 Å². The third kappa shape index (κ3) is 3.47. The molecule has 1 fully saturated rings. The molecule has 1 amide bonds. The van der Waals surface area contributed by atoms with Crippen LogP contribution >= 0.6 is 0 Å². The summed E-state index contributed by atoms with van der Waals surface area (Å²) in [5, 5.41) is 12.0. The van der Waals surface area contributed by atoms with Crippen LogP contribution in [0.15, 0.2) is 0 Å². The number of nitrogens with zero attached hydrogens (tertiary/aromatic N) is 2. The number of rotatable bonds is 5. The lowest BCUT2D eigenvalue weighted by Gasteiger charge is -2.24. The number of hydrogen-bond acceptors (Lipinski definition) is 4. The Kier molecular flexibility index (Phi) is 4.71. The molecule has 0 aromatic heterocycles. The SMILES string of the molecule is CN(CCN)CC(=O)NC1(C#N)CCCC1. The maximum absolute atomic E-state index is 11.7. The highest BCUT2D eigenvalue weighted by Crippen LogP contribution is 2.28. The summed E-state index contributed by atoms with van der Waals surface area (Å²) < 4.78 is 0. The molecule has 0 aromatic rings. The second-order valence-electron chi connectivity index (χ2n) is 4.48. The van der Waals surface area contributed by atoms with Crippen molar-refractivity contribution in [2.24, 2.45) is 5.73 Å². The zero-order valence-corrected chi connectivity index (χ0v) is 9.83. The molecule has 0 aromatic carbocycles. The van der Waals surface area contributed by atoms with Gasteiger partial charge in [-0.05, 0) is 32.7 Å². The molecule has 5 heteroatoms. The summed E-state index contributed by atoms with van der Waals surface area (Å²) in [4.78, 5) is 13.6. The Hall–Kier alpha value is -1.12. The molecule has 0 unspecified atom stereocenters. The Morgan fingerprint density at radius 1 is 1.56 bits per heavy atom. The topological polar surface area (TPSA) is 82.2 Å². The minimum absolute atomic E-state index is 0.0839. The number of carbonyl (C=O) groups excluding carboxylic acids is 1. The van der Waals surface area contributed by atoms with Crippen molar-refractivity contribution in [1.82, 2.24) is 10.2 Å². The van der Waals surface area contributed by atoms with Gasteiger partial charge >= 0.3 is 0 Å². The first-order valence-electron chi connectivity index (χ1n) is 5.73.